The van der Waals surface area contributed by atoms with Gasteiger partial charge in [0.25, 0.3) is 0 Å². The predicted molar refractivity (Wildman–Crippen MR) is 67.0 cm³/mol. The second-order valence-corrected chi connectivity index (χ2v) is 4.36. The van der Waals surface area contributed by atoms with Crippen LogP contribution in [0.3, 0.4) is 0 Å². The Kier molecular flexibility index (Phi) is 4.15. The molecule has 1 aliphatic rings. The number of carbonyl (C=O) groups excluding carboxylic acids is 2. The Hall–Kier alpha value is -1.62. The number of nitrogens with one attached hydrogen (secondary N) is 1. The fraction of sp³-hybridized carbons (Fsp3) is 0.417. The number of anilines is 1. The fourth-order valence-corrected chi connectivity index (χ4v) is 1.99. The molecule has 1 N–H and O–H groups in total. The van der Waals surface area contributed by atoms with Gasteiger partial charge in [-0.25, -0.2) is 4.98 Å². The second-order valence-electron chi connectivity index (χ2n) is 3.98. The molecule has 1 amide bonds. The summed E-state index contributed by atoms with van der Waals surface area (Å²) in [6.07, 6.45) is 4.65. The maximum absolute atomic E-state index is 11.3. The van der Waals surface area contributed by atoms with Crippen LogP contribution >= 0.6 is 11.6 Å². The first kappa shape index (κ1) is 12.8. The van der Waals surface area contributed by atoms with Gasteiger partial charge in [-0.15, -0.1) is 0 Å². The molecule has 0 aliphatic carbocycles. The highest BCUT2D eigenvalue weighted by molar-refractivity contribution is 6.35. The summed E-state index contributed by atoms with van der Waals surface area (Å²) in [6, 6.07) is 0. The summed E-state index contributed by atoms with van der Waals surface area (Å²) < 4.78 is 5.39. The number of ether oxygens (including phenoxy) is 1. The lowest BCUT2D eigenvalue weighted by Crippen LogP contribution is -2.20. The number of hydrogen-bond donors (Lipinski definition) is 1. The van der Waals surface area contributed by atoms with Gasteiger partial charge in [0.2, 0.25) is 11.8 Å². The van der Waals surface area contributed by atoms with Gasteiger partial charge in [-0.2, -0.15) is 0 Å². The van der Waals surface area contributed by atoms with Gasteiger partial charge in [0, 0.05) is 19.0 Å². The molecule has 2 rings (SSSR count). The number of aromatic nitrogens is 1. The van der Waals surface area contributed by atoms with Crippen molar-refractivity contribution >= 4 is 29.5 Å². The number of pyridine rings is 1. The lowest BCUT2D eigenvalue weighted by molar-refractivity contribution is -0.116. The smallest absolute Gasteiger partial charge is 0.234 e. The lowest BCUT2D eigenvalue weighted by Gasteiger charge is -2.19. The summed E-state index contributed by atoms with van der Waals surface area (Å²) >= 11 is 6.13. The molecule has 0 aromatic carbocycles. The quantitative estimate of drug-likeness (QED) is 0.655. The third kappa shape index (κ3) is 2.79. The van der Waals surface area contributed by atoms with Crippen LogP contribution in [0, 0.1) is 0 Å². The third-order valence-corrected chi connectivity index (χ3v) is 3.01. The molecule has 1 aliphatic heterocycles. The Morgan fingerprint density at radius 3 is 3.11 bits per heavy atom. The number of aldehydes is 1. The number of rotatable bonds is 5. The minimum atomic E-state index is -0.0532. The largest absolute Gasteiger partial charge is 0.477 e. The number of nitrogens with zero attached hydrogens (tertiary/aromatic N) is 1. The van der Waals surface area contributed by atoms with Gasteiger partial charge in [-0.05, 0) is 18.4 Å². The van der Waals surface area contributed by atoms with Gasteiger partial charge < -0.3 is 14.8 Å². The van der Waals surface area contributed by atoms with E-state index in [2.05, 4.69) is 10.3 Å². The van der Waals surface area contributed by atoms with E-state index in [1.807, 2.05) is 0 Å². The Morgan fingerprint density at radius 1 is 1.50 bits per heavy atom. The monoisotopic (exact) mass is 268 g/mol. The van der Waals surface area contributed by atoms with Crippen LogP contribution < -0.4 is 10.1 Å². The Bertz CT molecular complexity index is 477. The van der Waals surface area contributed by atoms with Gasteiger partial charge in [-0.3, -0.25) is 4.79 Å². The van der Waals surface area contributed by atoms with Crippen LogP contribution in [0.2, 0.25) is 5.02 Å². The van der Waals surface area contributed by atoms with Gasteiger partial charge in [0.1, 0.15) is 11.3 Å². The van der Waals surface area contributed by atoms with Crippen molar-refractivity contribution in [2.75, 3.05) is 11.9 Å². The zero-order valence-electron chi connectivity index (χ0n) is 9.74. The van der Waals surface area contributed by atoms with Gasteiger partial charge >= 0.3 is 0 Å². The van der Waals surface area contributed by atoms with E-state index in [-0.39, 0.29) is 5.91 Å². The normalized spacial score (nSPS) is 13.7. The number of hydrogen-bond acceptors (Lipinski definition) is 4. The molecule has 0 saturated heterocycles. The maximum Gasteiger partial charge on any atom is 0.234 e. The van der Waals surface area contributed by atoms with E-state index in [0.717, 1.165) is 11.8 Å². The van der Waals surface area contributed by atoms with Crippen LogP contribution in [0.25, 0.3) is 0 Å². The maximum atomic E-state index is 11.3. The van der Waals surface area contributed by atoms with Crippen LogP contribution in [0.4, 0.5) is 5.69 Å². The SMILES string of the molecule is O=CCCCOc1ncc2c(c1Cl)NC(=O)CC2. The molecule has 1 aromatic heterocycles. The molecule has 0 radical (unpaired) electrons. The van der Waals surface area contributed by atoms with E-state index < -0.39 is 0 Å². The summed E-state index contributed by atoms with van der Waals surface area (Å²) in [7, 11) is 0. The molecular weight excluding hydrogens is 256 g/mol. The predicted octanol–water partition coefficient (Wildman–Crippen LogP) is 1.98. The Labute approximate surface area is 109 Å². The summed E-state index contributed by atoms with van der Waals surface area (Å²) in [6.45, 7) is 0.373. The highest BCUT2D eigenvalue weighted by Crippen LogP contribution is 2.35. The van der Waals surface area contributed by atoms with Crippen LogP contribution in [-0.4, -0.2) is 23.8 Å². The van der Waals surface area contributed by atoms with E-state index in [1.165, 1.54) is 0 Å². The molecule has 1 aromatic rings. The standard InChI is InChI=1S/C12H13ClN2O3/c13-10-11-8(3-4-9(17)15-11)7-14-12(10)18-6-2-1-5-16/h5,7H,1-4,6H2,(H,15,17). The Morgan fingerprint density at radius 2 is 2.33 bits per heavy atom. The number of fused-ring (bicyclic) bond motifs is 1. The van der Waals surface area contributed by atoms with Gasteiger partial charge in [0.05, 0.1) is 12.3 Å². The first-order chi connectivity index (χ1) is 8.72. The summed E-state index contributed by atoms with van der Waals surface area (Å²) in [4.78, 5) is 25.6. The van der Waals surface area contributed by atoms with Crippen LogP contribution in [0.15, 0.2) is 6.20 Å². The van der Waals surface area contributed by atoms with Crippen molar-refractivity contribution in [2.24, 2.45) is 0 Å². The molecule has 0 unspecified atom stereocenters. The van der Waals surface area contributed by atoms with Crippen molar-refractivity contribution in [1.29, 1.82) is 0 Å². The summed E-state index contributed by atoms with van der Waals surface area (Å²) in [5.41, 5.74) is 1.51. The number of aryl methyl sites for hydroxylation is 1. The van der Waals surface area contributed by atoms with Crippen molar-refractivity contribution < 1.29 is 14.3 Å². The topological polar surface area (TPSA) is 68.3 Å². The first-order valence-corrected chi connectivity index (χ1v) is 6.14. The number of amides is 1. The van der Waals surface area contributed by atoms with E-state index in [1.54, 1.807) is 6.20 Å². The molecule has 0 bridgehead atoms. The highest BCUT2D eigenvalue weighted by atomic mass is 35.5. The van der Waals surface area contributed by atoms with Crippen LogP contribution in [0.1, 0.15) is 24.8 Å². The molecule has 0 fully saturated rings. The van der Waals surface area contributed by atoms with E-state index in [0.29, 0.717) is 48.9 Å². The van der Waals surface area contributed by atoms with E-state index >= 15 is 0 Å². The highest BCUT2D eigenvalue weighted by Gasteiger charge is 2.20. The molecule has 96 valence electrons. The minimum absolute atomic E-state index is 0.0532. The number of unbranched alkanes of at least 4 members (excludes halogenated alkanes) is 1. The molecule has 6 heteroatoms. The molecular formula is C12H13ClN2O3. The molecule has 2 heterocycles. The van der Waals surface area contributed by atoms with Crippen molar-refractivity contribution in [3.8, 4) is 5.88 Å². The van der Waals surface area contributed by atoms with Gasteiger partial charge in [0.15, 0.2) is 0 Å². The zero-order valence-corrected chi connectivity index (χ0v) is 10.5. The van der Waals surface area contributed by atoms with E-state index in [4.69, 9.17) is 16.3 Å². The average Bonchev–Trinajstić information content (AvgIpc) is 2.38. The van der Waals surface area contributed by atoms with Crippen molar-refractivity contribution in [1.82, 2.24) is 4.98 Å². The summed E-state index contributed by atoms with van der Waals surface area (Å²) in [5.74, 6) is 0.242. The van der Waals surface area contributed by atoms with E-state index in [9.17, 15) is 9.59 Å². The van der Waals surface area contributed by atoms with Crippen molar-refractivity contribution in [3.05, 3.63) is 16.8 Å². The first-order valence-electron chi connectivity index (χ1n) is 5.76. The van der Waals surface area contributed by atoms with Crippen LogP contribution in [0.5, 0.6) is 5.88 Å². The molecule has 0 atom stereocenters. The van der Waals surface area contributed by atoms with Crippen LogP contribution in [-0.2, 0) is 16.0 Å². The van der Waals surface area contributed by atoms with Crippen molar-refractivity contribution in [2.45, 2.75) is 25.7 Å². The lowest BCUT2D eigenvalue weighted by atomic mass is 10.1. The molecule has 0 saturated carbocycles. The molecule has 5 nitrogen and oxygen atoms in total. The van der Waals surface area contributed by atoms with Crippen molar-refractivity contribution in [3.63, 3.8) is 0 Å². The third-order valence-electron chi connectivity index (χ3n) is 2.66. The minimum Gasteiger partial charge on any atom is -0.477 e. The average molecular weight is 269 g/mol. The molecule has 18 heavy (non-hydrogen) atoms. The zero-order chi connectivity index (χ0) is 13.0. The van der Waals surface area contributed by atoms with Gasteiger partial charge in [-0.1, -0.05) is 11.6 Å². The number of carbonyl (C=O) groups is 2. The summed E-state index contributed by atoms with van der Waals surface area (Å²) in [5, 5.41) is 3.05. The Balaban J connectivity index is 2.10. The second kappa shape index (κ2) is 5.82. The number of halogens is 1. The fourth-order valence-electron chi connectivity index (χ4n) is 1.72. The molecule has 0 spiro atoms.